The molecule has 0 bridgehead atoms. The number of benzene rings is 2. The summed E-state index contributed by atoms with van der Waals surface area (Å²) in [6, 6.07) is 14.4. The fraction of sp³-hybridized carbons (Fsp3) is 0.409. The van der Waals surface area contributed by atoms with Gasteiger partial charge in [0.1, 0.15) is 5.75 Å². The van der Waals surface area contributed by atoms with E-state index in [0.29, 0.717) is 12.3 Å². The Bertz CT molecular complexity index is 853. The van der Waals surface area contributed by atoms with Crippen molar-refractivity contribution >= 4 is 29.0 Å². The van der Waals surface area contributed by atoms with Crippen molar-refractivity contribution in [2.75, 3.05) is 57.0 Å². The number of nitro benzene ring substituents is 1. The molecule has 0 aliphatic carbocycles. The first kappa shape index (κ1) is 22.9. The van der Waals surface area contributed by atoms with Gasteiger partial charge in [0, 0.05) is 55.4 Å². The van der Waals surface area contributed by atoms with Gasteiger partial charge in [-0.1, -0.05) is 0 Å². The van der Waals surface area contributed by atoms with Gasteiger partial charge in [-0.25, -0.2) is 0 Å². The van der Waals surface area contributed by atoms with Gasteiger partial charge in [-0.2, -0.15) is 0 Å². The highest BCUT2D eigenvalue weighted by Crippen LogP contribution is 2.22. The van der Waals surface area contributed by atoms with E-state index in [-0.39, 0.29) is 11.6 Å². The maximum absolute atomic E-state index is 12.0. The molecular formula is C22H28N4O4S. The minimum atomic E-state index is -0.430. The van der Waals surface area contributed by atoms with Crippen LogP contribution < -0.4 is 15.0 Å². The first-order valence-electron chi connectivity index (χ1n) is 10.3. The number of piperazine rings is 1. The molecule has 0 radical (unpaired) electrons. The maximum Gasteiger partial charge on any atom is 0.269 e. The highest BCUT2D eigenvalue weighted by molar-refractivity contribution is 8.00. The standard InChI is InChI=1S/C22H28N4O4S/c1-30-20-7-3-18(4-8-20)25-15-13-24(14-16-25)12-2-11-23-22(27)17-31-21-9-5-19(6-10-21)26(28)29/h3-10H,2,11-17H2,1H3,(H,23,27). The van der Waals surface area contributed by atoms with Gasteiger partial charge in [0.05, 0.1) is 17.8 Å². The number of hydrogen-bond donors (Lipinski definition) is 1. The third-order valence-corrected chi connectivity index (χ3v) is 6.21. The van der Waals surface area contributed by atoms with E-state index in [2.05, 4.69) is 27.2 Å². The summed E-state index contributed by atoms with van der Waals surface area (Å²) in [5.41, 5.74) is 1.27. The number of carbonyl (C=O) groups excluding carboxylic acids is 1. The predicted molar refractivity (Wildman–Crippen MR) is 123 cm³/mol. The number of methoxy groups -OCH3 is 1. The topological polar surface area (TPSA) is 88.0 Å². The molecule has 3 rings (SSSR count). The largest absolute Gasteiger partial charge is 0.497 e. The van der Waals surface area contributed by atoms with E-state index in [1.165, 1.54) is 29.6 Å². The number of ether oxygens (including phenoxy) is 1. The van der Waals surface area contributed by atoms with Crippen LogP contribution in [0.3, 0.4) is 0 Å². The van der Waals surface area contributed by atoms with Gasteiger partial charge < -0.3 is 15.0 Å². The Balaban J connectivity index is 1.27. The molecule has 1 aliphatic heterocycles. The number of non-ortho nitro benzene ring substituents is 1. The van der Waals surface area contributed by atoms with Crippen LogP contribution in [0.15, 0.2) is 53.4 Å². The normalized spacial score (nSPS) is 14.3. The lowest BCUT2D eigenvalue weighted by atomic mass is 10.2. The number of nitrogens with one attached hydrogen (secondary N) is 1. The fourth-order valence-electron chi connectivity index (χ4n) is 3.42. The Labute approximate surface area is 186 Å². The Morgan fingerprint density at radius 1 is 1.10 bits per heavy atom. The molecule has 2 aromatic rings. The van der Waals surface area contributed by atoms with Crippen molar-refractivity contribution in [2.24, 2.45) is 0 Å². The van der Waals surface area contributed by atoms with Gasteiger partial charge in [0.2, 0.25) is 5.91 Å². The Morgan fingerprint density at radius 2 is 1.77 bits per heavy atom. The van der Waals surface area contributed by atoms with E-state index in [0.717, 1.165) is 49.8 Å². The number of nitro groups is 1. The average Bonchev–Trinajstić information content (AvgIpc) is 2.81. The third-order valence-electron chi connectivity index (χ3n) is 5.20. The molecule has 1 amide bonds. The summed E-state index contributed by atoms with van der Waals surface area (Å²) in [4.78, 5) is 27.9. The highest BCUT2D eigenvalue weighted by atomic mass is 32.2. The molecule has 9 heteroatoms. The summed E-state index contributed by atoms with van der Waals surface area (Å²) in [6.45, 7) is 5.62. The van der Waals surface area contributed by atoms with Crippen LogP contribution in [0.25, 0.3) is 0 Å². The van der Waals surface area contributed by atoms with Crippen LogP contribution in [0, 0.1) is 10.1 Å². The molecule has 1 saturated heterocycles. The zero-order valence-corrected chi connectivity index (χ0v) is 18.5. The summed E-state index contributed by atoms with van der Waals surface area (Å²) >= 11 is 1.38. The summed E-state index contributed by atoms with van der Waals surface area (Å²) in [6.07, 6.45) is 0.913. The molecule has 1 N–H and O–H groups in total. The molecule has 1 fully saturated rings. The van der Waals surface area contributed by atoms with Gasteiger partial charge in [-0.15, -0.1) is 11.8 Å². The van der Waals surface area contributed by atoms with E-state index < -0.39 is 4.92 Å². The average molecular weight is 445 g/mol. The molecular weight excluding hydrogens is 416 g/mol. The molecule has 0 spiro atoms. The zero-order chi connectivity index (χ0) is 22.1. The molecule has 0 unspecified atom stereocenters. The van der Waals surface area contributed by atoms with Crippen LogP contribution in [-0.2, 0) is 4.79 Å². The van der Waals surface area contributed by atoms with Crippen molar-refractivity contribution < 1.29 is 14.5 Å². The second-order valence-corrected chi connectivity index (χ2v) is 8.32. The maximum atomic E-state index is 12.0. The predicted octanol–water partition coefficient (Wildman–Crippen LogP) is 3.02. The van der Waals surface area contributed by atoms with E-state index in [4.69, 9.17) is 4.74 Å². The van der Waals surface area contributed by atoms with Crippen LogP contribution in [0.2, 0.25) is 0 Å². The Kier molecular flexibility index (Phi) is 8.54. The number of amides is 1. The molecule has 1 aliphatic rings. The van der Waals surface area contributed by atoms with Crippen molar-refractivity contribution in [2.45, 2.75) is 11.3 Å². The summed E-state index contributed by atoms with van der Waals surface area (Å²) in [5, 5.41) is 13.6. The van der Waals surface area contributed by atoms with E-state index >= 15 is 0 Å². The highest BCUT2D eigenvalue weighted by Gasteiger charge is 2.17. The molecule has 2 aromatic carbocycles. The van der Waals surface area contributed by atoms with E-state index in [1.54, 1.807) is 19.2 Å². The molecule has 0 saturated carbocycles. The van der Waals surface area contributed by atoms with Crippen molar-refractivity contribution in [3.8, 4) is 5.75 Å². The van der Waals surface area contributed by atoms with Gasteiger partial charge in [0.25, 0.3) is 5.69 Å². The van der Waals surface area contributed by atoms with E-state index in [9.17, 15) is 14.9 Å². The second kappa shape index (κ2) is 11.6. The minimum absolute atomic E-state index is 0.0207. The van der Waals surface area contributed by atoms with Crippen LogP contribution in [-0.4, -0.2) is 67.9 Å². The monoisotopic (exact) mass is 444 g/mol. The second-order valence-electron chi connectivity index (χ2n) is 7.27. The minimum Gasteiger partial charge on any atom is -0.497 e. The van der Waals surface area contributed by atoms with E-state index in [1.807, 2.05) is 12.1 Å². The molecule has 8 nitrogen and oxygen atoms in total. The quantitative estimate of drug-likeness (QED) is 0.261. The number of carbonyl (C=O) groups is 1. The Hall–Kier alpha value is -2.78. The molecule has 166 valence electrons. The summed E-state index contributed by atoms with van der Waals surface area (Å²) in [5.74, 6) is 1.15. The zero-order valence-electron chi connectivity index (χ0n) is 17.7. The number of nitrogens with zero attached hydrogens (tertiary/aromatic N) is 3. The molecule has 0 aromatic heterocycles. The van der Waals surface area contributed by atoms with Crippen molar-refractivity contribution in [3.63, 3.8) is 0 Å². The van der Waals surface area contributed by atoms with Crippen molar-refractivity contribution in [1.82, 2.24) is 10.2 Å². The number of hydrogen-bond acceptors (Lipinski definition) is 7. The fourth-order valence-corrected chi connectivity index (χ4v) is 4.15. The van der Waals surface area contributed by atoms with Gasteiger partial charge >= 0.3 is 0 Å². The van der Waals surface area contributed by atoms with Crippen molar-refractivity contribution in [3.05, 3.63) is 58.6 Å². The lowest BCUT2D eigenvalue weighted by Gasteiger charge is -2.36. The SMILES string of the molecule is COc1ccc(N2CCN(CCCNC(=O)CSc3ccc([N+](=O)[O-])cc3)CC2)cc1. The van der Waals surface area contributed by atoms with Gasteiger partial charge in [-0.3, -0.25) is 19.8 Å². The summed E-state index contributed by atoms with van der Waals surface area (Å²) < 4.78 is 5.21. The number of anilines is 1. The summed E-state index contributed by atoms with van der Waals surface area (Å²) in [7, 11) is 1.67. The lowest BCUT2D eigenvalue weighted by molar-refractivity contribution is -0.384. The first-order valence-corrected chi connectivity index (χ1v) is 11.3. The lowest BCUT2D eigenvalue weighted by Crippen LogP contribution is -2.47. The van der Waals surface area contributed by atoms with Gasteiger partial charge in [0.15, 0.2) is 0 Å². The smallest absolute Gasteiger partial charge is 0.269 e. The van der Waals surface area contributed by atoms with Crippen LogP contribution in [0.1, 0.15) is 6.42 Å². The van der Waals surface area contributed by atoms with Crippen molar-refractivity contribution in [1.29, 1.82) is 0 Å². The Morgan fingerprint density at radius 3 is 2.39 bits per heavy atom. The number of rotatable bonds is 10. The van der Waals surface area contributed by atoms with Crippen LogP contribution in [0.5, 0.6) is 5.75 Å². The third kappa shape index (κ3) is 7.15. The van der Waals surface area contributed by atoms with Gasteiger partial charge in [-0.05, 0) is 49.4 Å². The molecule has 31 heavy (non-hydrogen) atoms. The number of thioether (sulfide) groups is 1. The van der Waals surface area contributed by atoms with Crippen LogP contribution >= 0.6 is 11.8 Å². The first-order chi connectivity index (χ1) is 15.0. The molecule has 1 heterocycles. The van der Waals surface area contributed by atoms with Crippen LogP contribution in [0.4, 0.5) is 11.4 Å². The molecule has 0 atom stereocenters.